The highest BCUT2D eigenvalue weighted by atomic mass is 16.4. The second kappa shape index (κ2) is 6.35. The summed E-state index contributed by atoms with van der Waals surface area (Å²) in [7, 11) is 1.82. The van der Waals surface area contributed by atoms with Crippen LogP contribution in [0.25, 0.3) is 6.08 Å². The summed E-state index contributed by atoms with van der Waals surface area (Å²) in [4.78, 5) is 16.7. The average Bonchev–Trinajstić information content (AvgIpc) is 2.52. The van der Waals surface area contributed by atoms with E-state index in [0.717, 1.165) is 11.8 Å². The first kappa shape index (κ1) is 14.3. The number of aliphatic carboxylic acids is 1. The fraction of sp³-hybridized carbons (Fsp3) is 0.0625. The van der Waals surface area contributed by atoms with Gasteiger partial charge in [-0.3, -0.25) is 0 Å². The van der Waals surface area contributed by atoms with Crippen molar-refractivity contribution in [3.05, 3.63) is 59.8 Å². The Labute approximate surface area is 122 Å². The van der Waals surface area contributed by atoms with E-state index >= 15 is 0 Å². The van der Waals surface area contributed by atoms with E-state index < -0.39 is 5.97 Å². The van der Waals surface area contributed by atoms with Crippen LogP contribution in [0.1, 0.15) is 11.1 Å². The van der Waals surface area contributed by atoms with Crippen LogP contribution in [0.2, 0.25) is 0 Å². The fourth-order valence-corrected chi connectivity index (χ4v) is 1.89. The Hall–Kier alpha value is -3.13. The van der Waals surface area contributed by atoms with Crippen molar-refractivity contribution in [2.45, 2.75) is 0 Å². The van der Waals surface area contributed by atoms with Crippen LogP contribution in [0.15, 0.2) is 48.7 Å². The van der Waals surface area contributed by atoms with Crippen LogP contribution in [0.4, 0.5) is 11.5 Å². The van der Waals surface area contributed by atoms with Gasteiger partial charge in [0.25, 0.3) is 0 Å². The van der Waals surface area contributed by atoms with Crippen LogP contribution in [-0.2, 0) is 4.79 Å². The molecule has 0 aliphatic carbocycles. The Balaban J connectivity index is 2.41. The summed E-state index contributed by atoms with van der Waals surface area (Å²) in [6, 6.07) is 12.7. The number of hydrogen-bond donors (Lipinski definition) is 1. The molecule has 0 aliphatic heterocycles. The Kier molecular flexibility index (Phi) is 4.32. The second-order valence-electron chi connectivity index (χ2n) is 4.31. The van der Waals surface area contributed by atoms with Crippen molar-refractivity contribution in [3.63, 3.8) is 0 Å². The number of anilines is 2. The van der Waals surface area contributed by atoms with Crippen molar-refractivity contribution in [3.8, 4) is 6.07 Å². The van der Waals surface area contributed by atoms with Crippen LogP contribution in [0.5, 0.6) is 0 Å². The van der Waals surface area contributed by atoms with Crippen molar-refractivity contribution in [2.75, 3.05) is 11.9 Å². The summed E-state index contributed by atoms with van der Waals surface area (Å²) in [5.41, 5.74) is 2.04. The van der Waals surface area contributed by atoms with Gasteiger partial charge >= 0.3 is 5.97 Å². The Morgan fingerprint density at radius 3 is 2.90 bits per heavy atom. The maximum absolute atomic E-state index is 10.7. The van der Waals surface area contributed by atoms with E-state index in [9.17, 15) is 4.79 Å². The lowest BCUT2D eigenvalue weighted by molar-refractivity contribution is -0.131. The maximum atomic E-state index is 10.7. The third-order valence-corrected chi connectivity index (χ3v) is 2.90. The van der Waals surface area contributed by atoms with Gasteiger partial charge in [-0.2, -0.15) is 5.26 Å². The molecule has 21 heavy (non-hydrogen) atoms. The number of benzene rings is 1. The summed E-state index contributed by atoms with van der Waals surface area (Å²) in [6.45, 7) is 0. The van der Waals surface area contributed by atoms with Crippen LogP contribution < -0.4 is 4.90 Å². The summed E-state index contributed by atoms with van der Waals surface area (Å²) in [6.07, 6.45) is 4.20. The van der Waals surface area contributed by atoms with E-state index in [4.69, 9.17) is 10.4 Å². The van der Waals surface area contributed by atoms with Crippen molar-refractivity contribution in [2.24, 2.45) is 0 Å². The minimum atomic E-state index is -1.01. The van der Waals surface area contributed by atoms with Gasteiger partial charge in [-0.15, -0.1) is 0 Å². The summed E-state index contributed by atoms with van der Waals surface area (Å²) in [5.74, 6) is -0.399. The van der Waals surface area contributed by atoms with Gasteiger partial charge in [0.1, 0.15) is 5.82 Å². The number of aromatic nitrogens is 1. The standard InChI is InChI=1S/C16H13N3O2/c1-19(14-6-2-4-12(10-14)11-17)16-13(5-3-9-18-16)7-8-15(20)21/h2-10H,1H3,(H,20,21)/b8-7+. The molecule has 0 amide bonds. The largest absolute Gasteiger partial charge is 0.478 e. The number of carbonyl (C=O) groups is 1. The van der Waals surface area contributed by atoms with E-state index in [-0.39, 0.29) is 0 Å². The third-order valence-electron chi connectivity index (χ3n) is 2.90. The molecule has 1 aromatic carbocycles. The zero-order valence-electron chi connectivity index (χ0n) is 11.4. The molecule has 0 radical (unpaired) electrons. The SMILES string of the molecule is CN(c1cccc(C#N)c1)c1ncccc1/C=C/C(=O)O. The molecule has 0 saturated carbocycles. The molecule has 0 bridgehead atoms. The summed E-state index contributed by atoms with van der Waals surface area (Å²) >= 11 is 0. The van der Waals surface area contributed by atoms with Crippen molar-refractivity contribution >= 4 is 23.6 Å². The summed E-state index contributed by atoms with van der Waals surface area (Å²) in [5, 5.41) is 17.7. The molecule has 1 N–H and O–H groups in total. The molecule has 0 unspecified atom stereocenters. The molecule has 1 heterocycles. The van der Waals surface area contributed by atoms with E-state index in [2.05, 4.69) is 11.1 Å². The fourth-order valence-electron chi connectivity index (χ4n) is 1.89. The molecule has 1 aromatic heterocycles. The maximum Gasteiger partial charge on any atom is 0.328 e. The van der Waals surface area contributed by atoms with Gasteiger partial charge in [-0.25, -0.2) is 9.78 Å². The van der Waals surface area contributed by atoms with Gasteiger partial charge in [0.15, 0.2) is 0 Å². The molecule has 2 rings (SSSR count). The van der Waals surface area contributed by atoms with Gasteiger partial charge in [0.2, 0.25) is 0 Å². The van der Waals surface area contributed by atoms with Crippen LogP contribution in [0.3, 0.4) is 0 Å². The zero-order valence-corrected chi connectivity index (χ0v) is 11.4. The Bertz CT molecular complexity index is 732. The molecule has 0 aliphatic rings. The molecule has 0 atom stereocenters. The van der Waals surface area contributed by atoms with Crippen molar-refractivity contribution < 1.29 is 9.90 Å². The molecular formula is C16H13N3O2. The quantitative estimate of drug-likeness (QED) is 0.871. The topological polar surface area (TPSA) is 77.2 Å². The molecule has 0 saturated heterocycles. The highest BCUT2D eigenvalue weighted by Crippen LogP contribution is 2.26. The normalized spacial score (nSPS) is 10.3. The lowest BCUT2D eigenvalue weighted by atomic mass is 10.2. The Morgan fingerprint density at radius 1 is 1.38 bits per heavy atom. The predicted octanol–water partition coefficient (Wildman–Crippen LogP) is 2.82. The number of hydrogen-bond acceptors (Lipinski definition) is 4. The monoisotopic (exact) mass is 279 g/mol. The van der Waals surface area contributed by atoms with Crippen LogP contribution in [-0.4, -0.2) is 23.1 Å². The number of nitriles is 1. The molecular weight excluding hydrogens is 266 g/mol. The lowest BCUT2D eigenvalue weighted by Crippen LogP contribution is -2.12. The third kappa shape index (κ3) is 3.45. The Morgan fingerprint density at radius 2 is 2.19 bits per heavy atom. The first-order valence-corrected chi connectivity index (χ1v) is 6.21. The lowest BCUT2D eigenvalue weighted by Gasteiger charge is -2.20. The number of carboxylic acid groups (broad SMARTS) is 1. The number of nitrogens with zero attached hydrogens (tertiary/aromatic N) is 3. The van der Waals surface area contributed by atoms with Gasteiger partial charge in [-0.05, 0) is 36.4 Å². The highest BCUT2D eigenvalue weighted by Gasteiger charge is 2.09. The van der Waals surface area contributed by atoms with E-state index in [1.807, 2.05) is 18.0 Å². The average molecular weight is 279 g/mol. The van der Waals surface area contributed by atoms with Gasteiger partial charge < -0.3 is 10.0 Å². The number of rotatable bonds is 4. The first-order chi connectivity index (χ1) is 10.1. The van der Waals surface area contributed by atoms with Crippen molar-refractivity contribution in [1.29, 1.82) is 5.26 Å². The van der Waals surface area contributed by atoms with Gasteiger partial charge in [0, 0.05) is 30.6 Å². The second-order valence-corrected chi connectivity index (χ2v) is 4.31. The van der Waals surface area contributed by atoms with Gasteiger partial charge in [-0.1, -0.05) is 6.07 Å². The number of pyridine rings is 1. The van der Waals surface area contributed by atoms with E-state index in [0.29, 0.717) is 16.9 Å². The van der Waals surface area contributed by atoms with Gasteiger partial charge in [0.05, 0.1) is 11.6 Å². The van der Waals surface area contributed by atoms with E-state index in [1.165, 1.54) is 6.08 Å². The first-order valence-electron chi connectivity index (χ1n) is 6.21. The minimum Gasteiger partial charge on any atom is -0.478 e. The molecule has 2 aromatic rings. The highest BCUT2D eigenvalue weighted by molar-refractivity contribution is 5.87. The van der Waals surface area contributed by atoms with E-state index in [1.54, 1.807) is 36.5 Å². The molecule has 5 nitrogen and oxygen atoms in total. The molecule has 5 heteroatoms. The molecule has 0 fully saturated rings. The molecule has 0 spiro atoms. The zero-order chi connectivity index (χ0) is 15.2. The van der Waals surface area contributed by atoms with Crippen LogP contribution in [0, 0.1) is 11.3 Å². The van der Waals surface area contributed by atoms with Crippen molar-refractivity contribution in [1.82, 2.24) is 4.98 Å². The smallest absolute Gasteiger partial charge is 0.328 e. The van der Waals surface area contributed by atoms with Crippen LogP contribution >= 0.6 is 0 Å². The minimum absolute atomic E-state index is 0.554. The summed E-state index contributed by atoms with van der Waals surface area (Å²) < 4.78 is 0. The number of carboxylic acids is 1. The predicted molar refractivity (Wildman–Crippen MR) is 80.1 cm³/mol. The molecule has 104 valence electrons.